The Morgan fingerprint density at radius 1 is 1.15 bits per heavy atom. The Labute approximate surface area is 230 Å². The van der Waals surface area contributed by atoms with Gasteiger partial charge in [-0.15, -0.1) is 0 Å². The number of amides is 1. The molecule has 0 spiro atoms. The van der Waals surface area contributed by atoms with Gasteiger partial charge in [0.05, 0.1) is 18.0 Å². The number of pyridine rings is 2. The second-order valence-electron chi connectivity index (χ2n) is 8.88. The van der Waals surface area contributed by atoms with E-state index in [1.54, 1.807) is 31.7 Å². The van der Waals surface area contributed by atoms with Gasteiger partial charge in [-0.3, -0.25) is 14.8 Å². The van der Waals surface area contributed by atoms with Gasteiger partial charge in [0.25, 0.3) is 5.91 Å². The molecule has 39 heavy (non-hydrogen) atoms. The van der Waals surface area contributed by atoms with Crippen LogP contribution in [0.1, 0.15) is 41.5 Å². The van der Waals surface area contributed by atoms with Crippen LogP contribution in [0, 0.1) is 6.92 Å². The van der Waals surface area contributed by atoms with Crippen LogP contribution in [0.5, 0.6) is 5.75 Å². The van der Waals surface area contributed by atoms with E-state index in [-0.39, 0.29) is 11.9 Å². The van der Waals surface area contributed by atoms with E-state index in [4.69, 9.17) is 27.2 Å². The molecule has 11 heteroatoms. The molecule has 5 rings (SSSR count). The summed E-state index contributed by atoms with van der Waals surface area (Å²) in [4.78, 5) is 29.3. The summed E-state index contributed by atoms with van der Waals surface area (Å²) in [6.07, 6.45) is 6.48. The number of rotatable bonds is 7. The molecule has 0 fully saturated rings. The van der Waals surface area contributed by atoms with Gasteiger partial charge < -0.3 is 15.8 Å². The molecule has 198 valence electrons. The maximum atomic E-state index is 12.0. The number of nitrogens with two attached hydrogens (primary N) is 1. The first-order chi connectivity index (χ1) is 18.8. The van der Waals surface area contributed by atoms with Crippen molar-refractivity contribution in [2.24, 2.45) is 0 Å². The van der Waals surface area contributed by atoms with Gasteiger partial charge in [0.15, 0.2) is 5.65 Å². The quantitative estimate of drug-likeness (QED) is 0.298. The molecule has 4 aromatic heterocycles. The zero-order chi connectivity index (χ0) is 27.7. The highest BCUT2D eigenvalue weighted by Gasteiger charge is 2.26. The molecule has 0 bridgehead atoms. The summed E-state index contributed by atoms with van der Waals surface area (Å²) in [6, 6.07) is 8.79. The van der Waals surface area contributed by atoms with Crippen LogP contribution in [-0.2, 0) is 0 Å². The largest absolute Gasteiger partial charge is 0.493 e. The molecular formula is C28H27ClN8O2. The molecule has 1 atom stereocenters. The lowest BCUT2D eigenvalue weighted by Crippen LogP contribution is -2.19. The zero-order valence-corrected chi connectivity index (χ0v) is 22.7. The highest BCUT2D eigenvalue weighted by atomic mass is 35.5. The van der Waals surface area contributed by atoms with Crippen LogP contribution in [-0.4, -0.2) is 49.3 Å². The van der Waals surface area contributed by atoms with Crippen LogP contribution in [0.3, 0.4) is 0 Å². The SMILES string of the molecule is CCOc1c(C(C)n2nc(-c3ccncc3)c3c(N)ncnc32)cc(Cl)c(C)c1-c1ccc(C(=O)NC)nc1. The lowest BCUT2D eigenvalue weighted by atomic mass is 9.94. The molecule has 1 unspecified atom stereocenters. The Morgan fingerprint density at radius 3 is 2.59 bits per heavy atom. The topological polar surface area (TPSA) is 134 Å². The van der Waals surface area contributed by atoms with E-state index >= 15 is 0 Å². The fraction of sp³-hybridized carbons (Fsp3) is 0.214. The van der Waals surface area contributed by atoms with Gasteiger partial charge in [0.2, 0.25) is 0 Å². The summed E-state index contributed by atoms with van der Waals surface area (Å²) in [5.41, 5.74) is 11.9. The average molecular weight is 543 g/mol. The molecule has 1 amide bonds. The number of fused-ring (bicyclic) bond motifs is 1. The first-order valence-corrected chi connectivity index (χ1v) is 12.8. The monoisotopic (exact) mass is 542 g/mol. The Bertz CT molecular complexity index is 1670. The lowest BCUT2D eigenvalue weighted by Gasteiger charge is -2.23. The average Bonchev–Trinajstić information content (AvgIpc) is 3.36. The van der Waals surface area contributed by atoms with Gasteiger partial charge in [-0.05, 0) is 50.6 Å². The molecule has 4 heterocycles. The summed E-state index contributed by atoms with van der Waals surface area (Å²) in [6.45, 7) is 6.28. The lowest BCUT2D eigenvalue weighted by molar-refractivity contribution is 0.0958. The second-order valence-corrected chi connectivity index (χ2v) is 9.29. The maximum absolute atomic E-state index is 12.0. The smallest absolute Gasteiger partial charge is 0.269 e. The van der Waals surface area contributed by atoms with E-state index in [0.29, 0.717) is 45.6 Å². The highest BCUT2D eigenvalue weighted by molar-refractivity contribution is 6.32. The Kier molecular flexibility index (Phi) is 7.12. The third-order valence-corrected chi connectivity index (χ3v) is 6.99. The highest BCUT2D eigenvalue weighted by Crippen LogP contribution is 2.44. The molecule has 5 aromatic rings. The summed E-state index contributed by atoms with van der Waals surface area (Å²) in [5, 5.41) is 8.75. The Balaban J connectivity index is 1.71. The van der Waals surface area contributed by atoms with Crippen LogP contribution < -0.4 is 15.8 Å². The first kappa shape index (κ1) is 26.1. The maximum Gasteiger partial charge on any atom is 0.269 e. The number of ether oxygens (including phenoxy) is 1. The number of nitrogens with one attached hydrogen (secondary N) is 1. The van der Waals surface area contributed by atoms with Crippen molar-refractivity contribution in [2.75, 3.05) is 19.4 Å². The molecule has 1 aromatic carbocycles. The Morgan fingerprint density at radius 2 is 1.92 bits per heavy atom. The fourth-order valence-electron chi connectivity index (χ4n) is 4.62. The first-order valence-electron chi connectivity index (χ1n) is 12.4. The van der Waals surface area contributed by atoms with Crippen molar-refractivity contribution in [3.05, 3.63) is 77.1 Å². The molecule has 0 aliphatic rings. The molecular weight excluding hydrogens is 516 g/mol. The molecule has 0 aliphatic carbocycles. The van der Waals surface area contributed by atoms with Crippen molar-refractivity contribution < 1.29 is 9.53 Å². The normalized spacial score (nSPS) is 11.9. The van der Waals surface area contributed by atoms with Gasteiger partial charge in [-0.25, -0.2) is 14.6 Å². The third-order valence-electron chi connectivity index (χ3n) is 6.59. The molecule has 3 N–H and O–H groups in total. The van der Waals surface area contributed by atoms with E-state index in [1.165, 1.54) is 6.33 Å². The number of carbonyl (C=O) groups is 1. The van der Waals surface area contributed by atoms with E-state index in [0.717, 1.165) is 27.8 Å². The van der Waals surface area contributed by atoms with Crippen molar-refractivity contribution in [1.29, 1.82) is 0 Å². The number of hydrogen-bond donors (Lipinski definition) is 2. The number of anilines is 1. The third kappa shape index (κ3) is 4.63. The van der Waals surface area contributed by atoms with E-state index in [1.807, 2.05) is 49.7 Å². The summed E-state index contributed by atoms with van der Waals surface area (Å²) >= 11 is 6.80. The van der Waals surface area contributed by atoms with E-state index in [9.17, 15) is 4.79 Å². The molecule has 10 nitrogen and oxygen atoms in total. The van der Waals surface area contributed by atoms with Gasteiger partial charge in [-0.2, -0.15) is 5.10 Å². The van der Waals surface area contributed by atoms with Crippen molar-refractivity contribution in [3.8, 4) is 28.1 Å². The van der Waals surface area contributed by atoms with Crippen LogP contribution in [0.2, 0.25) is 5.02 Å². The Hall–Kier alpha value is -4.57. The molecule has 0 saturated carbocycles. The van der Waals surface area contributed by atoms with E-state index in [2.05, 4.69) is 25.3 Å². The predicted octanol–water partition coefficient (Wildman–Crippen LogP) is 4.86. The minimum atomic E-state index is -0.353. The van der Waals surface area contributed by atoms with Crippen LogP contribution in [0.25, 0.3) is 33.4 Å². The second kappa shape index (κ2) is 10.7. The van der Waals surface area contributed by atoms with Crippen LogP contribution in [0.4, 0.5) is 5.82 Å². The summed E-state index contributed by atoms with van der Waals surface area (Å²) in [5.74, 6) is 0.721. The fourth-order valence-corrected chi connectivity index (χ4v) is 4.83. The van der Waals surface area contributed by atoms with Crippen molar-refractivity contribution in [2.45, 2.75) is 26.8 Å². The van der Waals surface area contributed by atoms with Gasteiger partial charge >= 0.3 is 0 Å². The van der Waals surface area contributed by atoms with Crippen LogP contribution in [0.15, 0.2) is 55.2 Å². The number of aromatic nitrogens is 6. The number of halogens is 1. The number of carbonyl (C=O) groups excluding carboxylic acids is 1. The minimum Gasteiger partial charge on any atom is -0.493 e. The van der Waals surface area contributed by atoms with Crippen molar-refractivity contribution >= 4 is 34.4 Å². The van der Waals surface area contributed by atoms with Crippen LogP contribution >= 0.6 is 11.6 Å². The van der Waals surface area contributed by atoms with Gasteiger partial charge in [0.1, 0.15) is 29.3 Å². The number of hydrogen-bond acceptors (Lipinski definition) is 8. The van der Waals surface area contributed by atoms with Crippen molar-refractivity contribution in [3.63, 3.8) is 0 Å². The number of benzene rings is 1. The minimum absolute atomic E-state index is 0.263. The summed E-state index contributed by atoms with van der Waals surface area (Å²) < 4.78 is 8.06. The number of nitrogens with zero attached hydrogens (tertiary/aromatic N) is 6. The van der Waals surface area contributed by atoms with Crippen molar-refractivity contribution in [1.82, 2.24) is 35.0 Å². The van der Waals surface area contributed by atoms with Gasteiger partial charge in [0, 0.05) is 52.9 Å². The number of nitrogen functional groups attached to an aromatic ring is 1. The predicted molar refractivity (Wildman–Crippen MR) is 151 cm³/mol. The molecule has 0 radical (unpaired) electrons. The van der Waals surface area contributed by atoms with Gasteiger partial charge in [-0.1, -0.05) is 17.7 Å². The molecule has 0 saturated heterocycles. The standard InChI is InChI=1S/C28H27ClN8O2/c1-5-39-25-19(12-20(29)15(2)22(25)18-6-7-21(33-13-18)28(38)31-4)16(3)37-27-23(26(30)34-14-35-27)24(36-37)17-8-10-32-11-9-17/h6-14,16H,5H2,1-4H3,(H,31,38)(H2,30,34,35). The molecule has 0 aliphatic heterocycles. The summed E-state index contributed by atoms with van der Waals surface area (Å²) in [7, 11) is 1.57. The zero-order valence-electron chi connectivity index (χ0n) is 21.9. The van der Waals surface area contributed by atoms with E-state index < -0.39 is 0 Å².